The highest BCUT2D eigenvalue weighted by Crippen LogP contribution is 2.33. The number of hydrogen-bond acceptors (Lipinski definition) is 5. The first-order valence-corrected chi connectivity index (χ1v) is 8.43. The van der Waals surface area contributed by atoms with Crippen molar-refractivity contribution in [2.24, 2.45) is 0 Å². The minimum Gasteiger partial charge on any atom is -0.486 e. The molecule has 126 valence electrons. The van der Waals surface area contributed by atoms with E-state index in [-0.39, 0.29) is 16.8 Å². The number of carbonyl (C=O) groups is 2. The van der Waals surface area contributed by atoms with E-state index in [1.165, 1.54) is 12.1 Å². The second kappa shape index (κ2) is 6.92. The number of nitrogens with one attached hydrogen (secondary N) is 1. The first-order chi connectivity index (χ1) is 11.6. The molecule has 0 saturated heterocycles. The van der Waals surface area contributed by atoms with Gasteiger partial charge in [0.05, 0.1) is 10.9 Å². The Labute approximate surface area is 143 Å². The molecule has 0 bridgehead atoms. The summed E-state index contributed by atoms with van der Waals surface area (Å²) in [6, 6.07) is 8.39. The highest BCUT2D eigenvalue weighted by Gasteiger charge is 2.19. The van der Waals surface area contributed by atoms with Gasteiger partial charge in [0.15, 0.2) is 11.5 Å². The zero-order valence-electron chi connectivity index (χ0n) is 13.1. The maximum atomic E-state index is 12.4. The van der Waals surface area contributed by atoms with Crippen LogP contribution in [0, 0.1) is 0 Å². The Hall–Kier alpha value is -2.54. The van der Waals surface area contributed by atoms with Gasteiger partial charge >= 0.3 is 5.97 Å². The number of benzene rings is 1. The molecule has 1 aromatic carbocycles. The molecule has 2 heterocycles. The van der Waals surface area contributed by atoms with Gasteiger partial charge in [-0.2, -0.15) is 0 Å². The van der Waals surface area contributed by atoms with Gasteiger partial charge in [0, 0.05) is 0 Å². The Morgan fingerprint density at radius 3 is 2.54 bits per heavy atom. The molecule has 1 atom stereocenters. The number of aromatic carboxylic acids is 1. The van der Waals surface area contributed by atoms with Crippen molar-refractivity contribution in [1.29, 1.82) is 0 Å². The molecule has 0 fully saturated rings. The first kappa shape index (κ1) is 16.3. The predicted molar refractivity (Wildman–Crippen MR) is 89.2 cm³/mol. The largest absolute Gasteiger partial charge is 0.486 e. The number of rotatable bonds is 5. The van der Waals surface area contributed by atoms with Gasteiger partial charge in [-0.1, -0.05) is 13.0 Å². The molecule has 1 amide bonds. The molecule has 2 aromatic rings. The number of fused-ring (bicyclic) bond motifs is 1. The number of amides is 1. The topological polar surface area (TPSA) is 84.9 Å². The normalized spacial score (nSPS) is 14.0. The molecule has 1 aliphatic heterocycles. The fourth-order valence-electron chi connectivity index (χ4n) is 2.50. The van der Waals surface area contributed by atoms with Crippen LogP contribution in [0.3, 0.4) is 0 Å². The van der Waals surface area contributed by atoms with Gasteiger partial charge in [-0.25, -0.2) is 4.79 Å². The maximum absolute atomic E-state index is 12.4. The minimum absolute atomic E-state index is 0.146. The second-order valence-electron chi connectivity index (χ2n) is 5.31. The van der Waals surface area contributed by atoms with Gasteiger partial charge in [0.1, 0.15) is 18.1 Å². The fraction of sp³-hybridized carbons (Fsp3) is 0.294. The van der Waals surface area contributed by atoms with E-state index in [4.69, 9.17) is 14.6 Å². The molecule has 1 aliphatic rings. The van der Waals surface area contributed by atoms with Crippen LogP contribution >= 0.6 is 11.3 Å². The summed E-state index contributed by atoms with van der Waals surface area (Å²) in [5.41, 5.74) is 0.921. The Kier molecular flexibility index (Phi) is 4.71. The summed E-state index contributed by atoms with van der Waals surface area (Å²) in [5.74, 6) is 0.0680. The van der Waals surface area contributed by atoms with E-state index in [1.807, 2.05) is 25.1 Å². The van der Waals surface area contributed by atoms with Crippen molar-refractivity contribution >= 4 is 23.2 Å². The SMILES string of the molecule is CCC(NC(=O)c1ccc(C(=O)O)s1)c1ccc2c(c1)OCCO2. The van der Waals surface area contributed by atoms with Crippen molar-refractivity contribution < 1.29 is 24.2 Å². The second-order valence-corrected chi connectivity index (χ2v) is 6.39. The van der Waals surface area contributed by atoms with Crippen molar-refractivity contribution in [2.45, 2.75) is 19.4 Å². The van der Waals surface area contributed by atoms with Crippen LogP contribution in [0.5, 0.6) is 11.5 Å². The summed E-state index contributed by atoms with van der Waals surface area (Å²) in [4.78, 5) is 23.8. The third kappa shape index (κ3) is 3.35. The Morgan fingerprint density at radius 1 is 1.17 bits per heavy atom. The third-order valence-corrected chi connectivity index (χ3v) is 4.79. The third-order valence-electron chi connectivity index (χ3n) is 3.72. The Bertz CT molecular complexity index is 770. The number of ether oxygens (including phenoxy) is 2. The molecule has 0 saturated carbocycles. The zero-order chi connectivity index (χ0) is 17.1. The fourth-order valence-corrected chi connectivity index (χ4v) is 3.25. The molecule has 24 heavy (non-hydrogen) atoms. The van der Waals surface area contributed by atoms with Gasteiger partial charge in [0.2, 0.25) is 0 Å². The summed E-state index contributed by atoms with van der Waals surface area (Å²) in [6.07, 6.45) is 0.697. The molecular weight excluding hydrogens is 330 g/mol. The van der Waals surface area contributed by atoms with E-state index >= 15 is 0 Å². The molecule has 6 nitrogen and oxygen atoms in total. The maximum Gasteiger partial charge on any atom is 0.345 e. The van der Waals surface area contributed by atoms with Crippen LogP contribution < -0.4 is 14.8 Å². The summed E-state index contributed by atoms with van der Waals surface area (Å²) >= 11 is 0.963. The Balaban J connectivity index is 1.76. The van der Waals surface area contributed by atoms with Crippen LogP contribution in [0.1, 0.15) is 44.3 Å². The highest BCUT2D eigenvalue weighted by molar-refractivity contribution is 7.15. The quantitative estimate of drug-likeness (QED) is 0.868. The number of carbonyl (C=O) groups excluding carboxylic acids is 1. The monoisotopic (exact) mass is 347 g/mol. The smallest absolute Gasteiger partial charge is 0.345 e. The van der Waals surface area contributed by atoms with Crippen LogP contribution in [0.25, 0.3) is 0 Å². The van der Waals surface area contributed by atoms with Gasteiger partial charge in [0.25, 0.3) is 5.91 Å². The van der Waals surface area contributed by atoms with Crippen LogP contribution in [0.2, 0.25) is 0 Å². The van der Waals surface area contributed by atoms with Crippen molar-refractivity contribution in [3.05, 3.63) is 45.6 Å². The lowest BCUT2D eigenvalue weighted by Crippen LogP contribution is -2.27. The average Bonchev–Trinajstić information content (AvgIpc) is 3.09. The van der Waals surface area contributed by atoms with Crippen LogP contribution in [0.15, 0.2) is 30.3 Å². The van der Waals surface area contributed by atoms with Gasteiger partial charge in [-0.15, -0.1) is 11.3 Å². The molecule has 0 spiro atoms. The predicted octanol–water partition coefficient (Wildman–Crippen LogP) is 3.10. The minimum atomic E-state index is -1.03. The molecule has 1 aromatic heterocycles. The number of thiophene rings is 1. The summed E-state index contributed by atoms with van der Waals surface area (Å²) < 4.78 is 11.1. The molecular formula is C17H17NO5S. The Morgan fingerprint density at radius 2 is 1.88 bits per heavy atom. The van der Waals surface area contributed by atoms with E-state index in [0.29, 0.717) is 36.0 Å². The van der Waals surface area contributed by atoms with E-state index in [2.05, 4.69) is 5.32 Å². The van der Waals surface area contributed by atoms with Crippen molar-refractivity contribution in [2.75, 3.05) is 13.2 Å². The standard InChI is InChI=1S/C17H17NO5S/c1-2-11(10-3-4-12-13(9-10)23-8-7-22-12)18-16(19)14-5-6-15(24-14)17(20)21/h3-6,9,11H,2,7-8H2,1H3,(H,18,19)(H,20,21). The number of carboxylic acid groups (broad SMARTS) is 1. The molecule has 2 N–H and O–H groups in total. The summed E-state index contributed by atoms with van der Waals surface area (Å²) in [6.45, 7) is 3.01. The van der Waals surface area contributed by atoms with Gasteiger partial charge in [-0.3, -0.25) is 4.79 Å². The lowest BCUT2D eigenvalue weighted by atomic mass is 10.0. The first-order valence-electron chi connectivity index (χ1n) is 7.62. The number of carboxylic acids is 1. The highest BCUT2D eigenvalue weighted by atomic mass is 32.1. The lowest BCUT2D eigenvalue weighted by Gasteiger charge is -2.22. The van der Waals surface area contributed by atoms with Crippen LogP contribution in [0.4, 0.5) is 0 Å². The molecule has 1 unspecified atom stereocenters. The van der Waals surface area contributed by atoms with Gasteiger partial charge < -0.3 is 19.9 Å². The van der Waals surface area contributed by atoms with E-state index in [9.17, 15) is 9.59 Å². The van der Waals surface area contributed by atoms with E-state index in [0.717, 1.165) is 16.9 Å². The average molecular weight is 347 g/mol. The van der Waals surface area contributed by atoms with Crippen LogP contribution in [-0.2, 0) is 0 Å². The van der Waals surface area contributed by atoms with E-state index < -0.39 is 5.97 Å². The van der Waals surface area contributed by atoms with Crippen molar-refractivity contribution in [1.82, 2.24) is 5.32 Å². The summed E-state index contributed by atoms with van der Waals surface area (Å²) in [7, 11) is 0. The molecule has 7 heteroatoms. The number of hydrogen-bond donors (Lipinski definition) is 2. The lowest BCUT2D eigenvalue weighted by molar-refractivity contribution is 0.0702. The van der Waals surface area contributed by atoms with E-state index in [1.54, 1.807) is 0 Å². The van der Waals surface area contributed by atoms with Crippen molar-refractivity contribution in [3.63, 3.8) is 0 Å². The molecule has 0 aliphatic carbocycles. The van der Waals surface area contributed by atoms with Crippen LogP contribution in [-0.4, -0.2) is 30.2 Å². The molecule has 3 rings (SSSR count). The summed E-state index contributed by atoms with van der Waals surface area (Å²) in [5, 5.41) is 11.9. The van der Waals surface area contributed by atoms with Gasteiger partial charge in [-0.05, 0) is 36.2 Å². The zero-order valence-corrected chi connectivity index (χ0v) is 13.9. The molecule has 0 radical (unpaired) electrons. The van der Waals surface area contributed by atoms with Crippen molar-refractivity contribution in [3.8, 4) is 11.5 Å².